The first kappa shape index (κ1) is 13.4. The molecule has 0 heterocycles. The van der Waals surface area contributed by atoms with Crippen LogP contribution in [-0.2, 0) is 0 Å². The van der Waals surface area contributed by atoms with Crippen molar-refractivity contribution in [2.24, 2.45) is 5.41 Å². The molecule has 17 heavy (non-hydrogen) atoms. The zero-order chi connectivity index (χ0) is 12.1. The second-order valence-corrected chi connectivity index (χ2v) is 6.41. The molecule has 0 aromatic heterocycles. The van der Waals surface area contributed by atoms with Crippen LogP contribution < -0.4 is 5.32 Å². The quantitative estimate of drug-likeness (QED) is 0.772. The van der Waals surface area contributed by atoms with Gasteiger partial charge >= 0.3 is 0 Å². The number of hydrogen-bond donors (Lipinski definition) is 2. The summed E-state index contributed by atoms with van der Waals surface area (Å²) in [6.45, 7) is 2.59. The second-order valence-electron chi connectivity index (χ2n) is 6.41. The number of nitrogens with one attached hydrogen (secondary N) is 1. The molecular weight excluding hydrogens is 210 g/mol. The Bertz CT molecular complexity index is 213. The monoisotopic (exact) mass is 239 g/mol. The van der Waals surface area contributed by atoms with Crippen molar-refractivity contribution in [1.82, 2.24) is 5.32 Å². The van der Waals surface area contributed by atoms with E-state index >= 15 is 0 Å². The van der Waals surface area contributed by atoms with Crippen molar-refractivity contribution >= 4 is 0 Å². The van der Waals surface area contributed by atoms with Gasteiger partial charge in [-0.3, -0.25) is 0 Å². The number of aliphatic hydroxyl groups excluding tert-OH is 1. The predicted octanol–water partition coefficient (Wildman–Crippen LogP) is 3.24. The molecule has 100 valence electrons. The molecule has 0 amide bonds. The van der Waals surface area contributed by atoms with Crippen molar-refractivity contribution in [1.29, 1.82) is 0 Å². The predicted molar refractivity (Wildman–Crippen MR) is 72.1 cm³/mol. The van der Waals surface area contributed by atoms with Crippen LogP contribution in [-0.4, -0.2) is 23.8 Å². The van der Waals surface area contributed by atoms with E-state index in [1.54, 1.807) is 0 Å². The van der Waals surface area contributed by atoms with Gasteiger partial charge in [0.1, 0.15) is 0 Å². The average molecular weight is 239 g/mol. The smallest absolute Gasteiger partial charge is 0.0431 e. The van der Waals surface area contributed by atoms with E-state index in [0.717, 1.165) is 24.3 Å². The highest BCUT2D eigenvalue weighted by atomic mass is 16.2. The largest absolute Gasteiger partial charge is 0.396 e. The molecule has 2 heteroatoms. The molecule has 0 bridgehead atoms. The van der Waals surface area contributed by atoms with E-state index in [2.05, 4.69) is 12.2 Å². The van der Waals surface area contributed by atoms with Gasteiger partial charge < -0.3 is 10.4 Å². The lowest BCUT2D eigenvalue weighted by Crippen LogP contribution is -2.41. The Kier molecular flexibility index (Phi) is 4.87. The minimum atomic E-state index is 0.333. The van der Waals surface area contributed by atoms with Crippen molar-refractivity contribution in [2.75, 3.05) is 6.61 Å². The molecule has 2 fully saturated rings. The Balaban J connectivity index is 1.68. The lowest BCUT2D eigenvalue weighted by Gasteiger charge is -2.38. The summed E-state index contributed by atoms with van der Waals surface area (Å²) in [4.78, 5) is 0. The molecule has 0 radical (unpaired) electrons. The van der Waals surface area contributed by atoms with E-state index in [9.17, 15) is 0 Å². The average Bonchev–Trinajstić information content (AvgIpc) is 2.79. The minimum Gasteiger partial charge on any atom is -0.396 e. The number of aliphatic hydroxyl groups is 1. The van der Waals surface area contributed by atoms with Crippen molar-refractivity contribution in [3.8, 4) is 0 Å². The highest BCUT2D eigenvalue weighted by molar-refractivity contribution is 4.91. The molecule has 0 saturated heterocycles. The molecule has 2 saturated carbocycles. The lowest BCUT2D eigenvalue weighted by molar-refractivity contribution is 0.161. The highest BCUT2D eigenvalue weighted by Crippen LogP contribution is 2.48. The second kappa shape index (κ2) is 6.19. The van der Waals surface area contributed by atoms with E-state index in [0.29, 0.717) is 12.6 Å². The maximum Gasteiger partial charge on any atom is 0.0431 e. The first-order valence-corrected chi connectivity index (χ1v) is 7.61. The van der Waals surface area contributed by atoms with E-state index in [-0.39, 0.29) is 0 Å². The van der Waals surface area contributed by atoms with Gasteiger partial charge in [-0.15, -0.1) is 0 Å². The molecule has 2 rings (SSSR count). The summed E-state index contributed by atoms with van der Waals surface area (Å²) in [5.74, 6) is 0. The Morgan fingerprint density at radius 2 is 1.82 bits per heavy atom. The molecule has 0 aromatic rings. The van der Waals surface area contributed by atoms with Crippen molar-refractivity contribution in [2.45, 2.75) is 83.2 Å². The topological polar surface area (TPSA) is 32.3 Å². The maximum absolute atomic E-state index is 8.83. The Morgan fingerprint density at radius 1 is 1.18 bits per heavy atom. The summed E-state index contributed by atoms with van der Waals surface area (Å²) in [7, 11) is 0. The maximum atomic E-state index is 8.83. The zero-order valence-electron chi connectivity index (χ0n) is 11.4. The summed E-state index contributed by atoms with van der Waals surface area (Å²) in [5.41, 5.74) is 0.756. The Hall–Kier alpha value is -0.0800. The Morgan fingerprint density at radius 3 is 2.41 bits per heavy atom. The van der Waals surface area contributed by atoms with Crippen LogP contribution >= 0.6 is 0 Å². The van der Waals surface area contributed by atoms with Gasteiger partial charge in [0.25, 0.3) is 0 Å². The standard InChI is InChI=1S/C15H29NO/c1-13(5-4-12-17)16-14-6-10-15(11-7-14)8-2-3-9-15/h13-14,16-17H,2-12H2,1H3. The van der Waals surface area contributed by atoms with Crippen molar-refractivity contribution < 1.29 is 5.11 Å². The molecular formula is C15H29NO. The fourth-order valence-corrected chi connectivity index (χ4v) is 3.91. The number of rotatable bonds is 5. The van der Waals surface area contributed by atoms with E-state index in [1.807, 2.05) is 0 Å². The highest BCUT2D eigenvalue weighted by Gasteiger charge is 2.37. The molecule has 2 aliphatic carbocycles. The van der Waals surface area contributed by atoms with Gasteiger partial charge in [0.15, 0.2) is 0 Å². The molecule has 2 nitrogen and oxygen atoms in total. The first-order chi connectivity index (χ1) is 8.24. The van der Waals surface area contributed by atoms with Crippen LogP contribution in [0.3, 0.4) is 0 Å². The SMILES string of the molecule is CC(CCCO)NC1CCC2(CCCC2)CC1. The van der Waals surface area contributed by atoms with Crippen LogP contribution in [0.2, 0.25) is 0 Å². The van der Waals surface area contributed by atoms with Crippen LogP contribution in [0, 0.1) is 5.41 Å². The third kappa shape index (κ3) is 3.69. The van der Waals surface area contributed by atoms with Crippen LogP contribution in [0.1, 0.15) is 71.1 Å². The van der Waals surface area contributed by atoms with Crippen LogP contribution in [0.4, 0.5) is 0 Å². The van der Waals surface area contributed by atoms with Gasteiger partial charge in [-0.1, -0.05) is 12.8 Å². The fourth-order valence-electron chi connectivity index (χ4n) is 3.91. The third-order valence-electron chi connectivity index (χ3n) is 5.03. The van der Waals surface area contributed by atoms with Crippen LogP contribution in [0.15, 0.2) is 0 Å². The number of hydrogen-bond acceptors (Lipinski definition) is 2. The van der Waals surface area contributed by atoms with Gasteiger partial charge in [-0.25, -0.2) is 0 Å². The molecule has 2 N–H and O–H groups in total. The summed E-state index contributed by atoms with van der Waals surface area (Å²) in [5, 5.41) is 12.6. The summed E-state index contributed by atoms with van der Waals surface area (Å²) in [6.07, 6.45) is 13.7. The third-order valence-corrected chi connectivity index (χ3v) is 5.03. The molecule has 0 aromatic carbocycles. The molecule has 1 spiro atoms. The first-order valence-electron chi connectivity index (χ1n) is 7.61. The molecule has 2 aliphatic rings. The lowest BCUT2D eigenvalue weighted by atomic mass is 9.71. The van der Waals surface area contributed by atoms with Crippen LogP contribution in [0.5, 0.6) is 0 Å². The summed E-state index contributed by atoms with van der Waals surface area (Å²) in [6, 6.07) is 1.32. The van der Waals surface area contributed by atoms with Gasteiger partial charge in [-0.05, 0) is 63.7 Å². The van der Waals surface area contributed by atoms with Crippen molar-refractivity contribution in [3.63, 3.8) is 0 Å². The van der Waals surface area contributed by atoms with Gasteiger partial charge in [0.05, 0.1) is 0 Å². The van der Waals surface area contributed by atoms with E-state index in [1.165, 1.54) is 51.4 Å². The fraction of sp³-hybridized carbons (Fsp3) is 1.00. The zero-order valence-corrected chi connectivity index (χ0v) is 11.4. The molecule has 1 atom stereocenters. The van der Waals surface area contributed by atoms with E-state index < -0.39 is 0 Å². The summed E-state index contributed by atoms with van der Waals surface area (Å²) >= 11 is 0. The van der Waals surface area contributed by atoms with Gasteiger partial charge in [0, 0.05) is 18.7 Å². The van der Waals surface area contributed by atoms with Crippen molar-refractivity contribution in [3.05, 3.63) is 0 Å². The van der Waals surface area contributed by atoms with E-state index in [4.69, 9.17) is 5.11 Å². The van der Waals surface area contributed by atoms with Gasteiger partial charge in [0.2, 0.25) is 0 Å². The van der Waals surface area contributed by atoms with Crippen LogP contribution in [0.25, 0.3) is 0 Å². The molecule has 0 aliphatic heterocycles. The normalized spacial score (nSPS) is 26.5. The molecule has 1 unspecified atom stereocenters. The van der Waals surface area contributed by atoms with Gasteiger partial charge in [-0.2, -0.15) is 0 Å². The Labute approximate surface area is 106 Å². The minimum absolute atomic E-state index is 0.333. The summed E-state index contributed by atoms with van der Waals surface area (Å²) < 4.78 is 0.